The van der Waals surface area contributed by atoms with Crippen molar-refractivity contribution in [3.63, 3.8) is 0 Å². The van der Waals surface area contributed by atoms with Gasteiger partial charge in [-0.1, -0.05) is 19.3 Å². The number of likely N-dealkylation sites (tertiary alicyclic amines) is 1. The van der Waals surface area contributed by atoms with Crippen molar-refractivity contribution in [2.45, 2.75) is 55.7 Å². The van der Waals surface area contributed by atoms with E-state index in [0.29, 0.717) is 6.54 Å². The fourth-order valence-electron chi connectivity index (χ4n) is 3.15. The molecule has 1 aliphatic heterocycles. The fraction of sp³-hybridized carbons (Fsp3) is 1.00. The molecule has 5 nitrogen and oxygen atoms in total. The van der Waals surface area contributed by atoms with E-state index in [2.05, 4.69) is 16.7 Å². The predicted octanol–water partition coefficient (Wildman–Crippen LogP) is 0.662. The van der Waals surface area contributed by atoms with Crippen molar-refractivity contribution >= 4 is 10.0 Å². The summed E-state index contributed by atoms with van der Waals surface area (Å²) in [6.45, 7) is 2.21. The van der Waals surface area contributed by atoms with Crippen LogP contribution in [0.2, 0.25) is 0 Å². The molecule has 112 valence electrons. The summed E-state index contributed by atoms with van der Waals surface area (Å²) >= 11 is 0. The lowest BCUT2D eigenvalue weighted by Crippen LogP contribution is -2.60. The molecule has 1 aliphatic carbocycles. The summed E-state index contributed by atoms with van der Waals surface area (Å²) in [6, 6.07) is 0. The summed E-state index contributed by atoms with van der Waals surface area (Å²) in [6.07, 6.45) is 6.45. The Balaban J connectivity index is 2.04. The lowest BCUT2D eigenvalue weighted by molar-refractivity contribution is 0.181. The van der Waals surface area contributed by atoms with Gasteiger partial charge in [0, 0.05) is 12.1 Å². The topological polar surface area (TPSA) is 75.4 Å². The van der Waals surface area contributed by atoms with E-state index in [1.807, 2.05) is 0 Å². The normalized spacial score (nSPS) is 26.4. The van der Waals surface area contributed by atoms with Crippen molar-refractivity contribution in [3.05, 3.63) is 0 Å². The van der Waals surface area contributed by atoms with E-state index in [0.717, 1.165) is 51.6 Å². The van der Waals surface area contributed by atoms with Crippen molar-refractivity contribution < 1.29 is 8.42 Å². The highest BCUT2D eigenvalue weighted by Crippen LogP contribution is 2.27. The van der Waals surface area contributed by atoms with Crippen molar-refractivity contribution in [2.24, 2.45) is 5.73 Å². The number of hydrogen-bond donors (Lipinski definition) is 2. The van der Waals surface area contributed by atoms with Gasteiger partial charge in [-0.2, -0.15) is 0 Å². The van der Waals surface area contributed by atoms with Crippen LogP contribution in [0.4, 0.5) is 0 Å². The monoisotopic (exact) mass is 289 g/mol. The second-order valence-corrected chi connectivity index (χ2v) is 8.16. The maximum Gasteiger partial charge on any atom is 0.215 e. The number of hydrogen-bond acceptors (Lipinski definition) is 4. The zero-order valence-electron chi connectivity index (χ0n) is 11.9. The van der Waals surface area contributed by atoms with E-state index < -0.39 is 15.6 Å². The third-order valence-corrected chi connectivity index (χ3v) is 6.75. The van der Waals surface area contributed by atoms with Gasteiger partial charge in [0.1, 0.15) is 0 Å². The van der Waals surface area contributed by atoms with Crippen LogP contribution in [-0.4, -0.2) is 50.8 Å². The highest BCUT2D eigenvalue weighted by atomic mass is 32.2. The first kappa shape index (κ1) is 15.2. The van der Waals surface area contributed by atoms with Crippen molar-refractivity contribution in [2.75, 3.05) is 26.7 Å². The van der Waals surface area contributed by atoms with Gasteiger partial charge in [0.2, 0.25) is 10.0 Å². The Hall–Kier alpha value is -0.170. The Labute approximate surface area is 117 Å². The molecule has 0 aromatic heterocycles. The standard InChI is InChI=1S/C13H27N3O2S/c1-16-9-7-13(11-14,8-10-16)15-19(17,18)12-5-3-2-4-6-12/h12,15H,2-11,14H2,1H3. The average Bonchev–Trinajstić information content (AvgIpc) is 2.42. The molecule has 0 unspecified atom stereocenters. The molecular formula is C13H27N3O2S. The number of rotatable bonds is 4. The summed E-state index contributed by atoms with van der Waals surface area (Å²) in [7, 11) is -1.15. The molecule has 3 N–H and O–H groups in total. The van der Waals surface area contributed by atoms with Gasteiger partial charge in [-0.15, -0.1) is 0 Å². The lowest BCUT2D eigenvalue weighted by atomic mass is 9.89. The van der Waals surface area contributed by atoms with Gasteiger partial charge in [0.15, 0.2) is 0 Å². The molecule has 1 heterocycles. The number of nitrogens with two attached hydrogens (primary N) is 1. The molecule has 0 radical (unpaired) electrons. The Morgan fingerprint density at radius 2 is 1.79 bits per heavy atom. The van der Waals surface area contributed by atoms with Crippen molar-refractivity contribution in [1.82, 2.24) is 9.62 Å². The minimum atomic E-state index is -3.22. The maximum atomic E-state index is 12.5. The predicted molar refractivity (Wildman–Crippen MR) is 77.4 cm³/mol. The van der Waals surface area contributed by atoms with Gasteiger partial charge in [-0.25, -0.2) is 13.1 Å². The van der Waals surface area contributed by atoms with Crippen LogP contribution < -0.4 is 10.5 Å². The van der Waals surface area contributed by atoms with Gasteiger partial charge in [0.25, 0.3) is 0 Å². The van der Waals surface area contributed by atoms with E-state index in [1.54, 1.807) is 0 Å². The molecule has 0 aromatic carbocycles. The molecule has 2 fully saturated rings. The molecule has 2 aliphatic rings. The third-order valence-electron chi connectivity index (χ3n) is 4.68. The molecule has 0 aromatic rings. The Morgan fingerprint density at radius 3 is 2.32 bits per heavy atom. The molecule has 1 saturated carbocycles. The fourth-order valence-corrected chi connectivity index (χ4v) is 5.17. The Kier molecular flexibility index (Phi) is 4.87. The van der Waals surface area contributed by atoms with Crippen LogP contribution in [-0.2, 0) is 10.0 Å². The molecule has 0 amide bonds. The largest absolute Gasteiger partial charge is 0.329 e. The molecule has 6 heteroatoms. The average molecular weight is 289 g/mol. The first-order valence-electron chi connectivity index (χ1n) is 7.39. The van der Waals surface area contributed by atoms with E-state index in [9.17, 15) is 8.42 Å². The SMILES string of the molecule is CN1CCC(CN)(NS(=O)(=O)C2CCCCC2)CC1. The zero-order chi connectivity index (χ0) is 13.9. The molecule has 0 bridgehead atoms. The van der Waals surface area contributed by atoms with Gasteiger partial charge >= 0.3 is 0 Å². The number of sulfonamides is 1. The molecule has 1 saturated heterocycles. The van der Waals surface area contributed by atoms with E-state index >= 15 is 0 Å². The molecular weight excluding hydrogens is 262 g/mol. The first-order valence-corrected chi connectivity index (χ1v) is 8.93. The highest BCUT2D eigenvalue weighted by Gasteiger charge is 2.39. The van der Waals surface area contributed by atoms with Crippen LogP contribution in [0.1, 0.15) is 44.9 Å². The highest BCUT2D eigenvalue weighted by molar-refractivity contribution is 7.90. The summed E-state index contributed by atoms with van der Waals surface area (Å²) in [5.74, 6) is 0. The molecule has 19 heavy (non-hydrogen) atoms. The van der Waals surface area contributed by atoms with Crippen LogP contribution in [0.5, 0.6) is 0 Å². The number of nitrogens with one attached hydrogen (secondary N) is 1. The Morgan fingerprint density at radius 1 is 1.21 bits per heavy atom. The van der Waals surface area contributed by atoms with E-state index in [1.165, 1.54) is 6.42 Å². The van der Waals surface area contributed by atoms with Gasteiger partial charge in [-0.05, 0) is 45.8 Å². The maximum absolute atomic E-state index is 12.5. The van der Waals surface area contributed by atoms with E-state index in [4.69, 9.17) is 5.73 Å². The lowest BCUT2D eigenvalue weighted by Gasteiger charge is -2.41. The van der Waals surface area contributed by atoms with Crippen LogP contribution in [0.3, 0.4) is 0 Å². The smallest absolute Gasteiger partial charge is 0.215 e. The summed E-state index contributed by atoms with van der Waals surface area (Å²) in [5, 5.41) is -0.204. The van der Waals surface area contributed by atoms with Crippen LogP contribution in [0, 0.1) is 0 Å². The van der Waals surface area contributed by atoms with Gasteiger partial charge in [-0.3, -0.25) is 0 Å². The van der Waals surface area contributed by atoms with Crippen LogP contribution >= 0.6 is 0 Å². The summed E-state index contributed by atoms with van der Waals surface area (Å²) in [5.41, 5.74) is 5.46. The van der Waals surface area contributed by atoms with E-state index in [-0.39, 0.29) is 5.25 Å². The van der Waals surface area contributed by atoms with Crippen molar-refractivity contribution in [3.8, 4) is 0 Å². The minimum absolute atomic E-state index is 0.204. The summed E-state index contributed by atoms with van der Waals surface area (Å²) < 4.78 is 28.0. The molecule has 2 rings (SSSR count). The third kappa shape index (κ3) is 3.68. The van der Waals surface area contributed by atoms with Crippen LogP contribution in [0.25, 0.3) is 0 Å². The van der Waals surface area contributed by atoms with Gasteiger partial charge < -0.3 is 10.6 Å². The zero-order valence-corrected chi connectivity index (χ0v) is 12.7. The van der Waals surface area contributed by atoms with Crippen LogP contribution in [0.15, 0.2) is 0 Å². The second-order valence-electron chi connectivity index (χ2n) is 6.19. The Bertz CT molecular complexity index is 383. The molecule has 0 spiro atoms. The summed E-state index contributed by atoms with van der Waals surface area (Å²) in [4.78, 5) is 2.23. The second kappa shape index (κ2) is 6.08. The van der Waals surface area contributed by atoms with Gasteiger partial charge in [0.05, 0.1) is 5.25 Å². The van der Waals surface area contributed by atoms with Crippen molar-refractivity contribution in [1.29, 1.82) is 0 Å². The first-order chi connectivity index (χ1) is 8.97. The minimum Gasteiger partial charge on any atom is -0.329 e. The molecule has 0 atom stereocenters. The quantitative estimate of drug-likeness (QED) is 0.797. The number of piperidine rings is 1. The number of nitrogens with zero attached hydrogens (tertiary/aromatic N) is 1.